The molecule has 0 aliphatic rings. The lowest BCUT2D eigenvalue weighted by Gasteiger charge is -2.16. The van der Waals surface area contributed by atoms with Crippen LogP contribution in [-0.2, 0) is 9.53 Å². The molecule has 0 aliphatic carbocycles. The summed E-state index contributed by atoms with van der Waals surface area (Å²) in [7, 11) is 1.55. The molecule has 0 saturated heterocycles. The molecule has 0 amide bonds. The Labute approximate surface area is 146 Å². The highest BCUT2D eigenvalue weighted by atomic mass is 19.3. The van der Waals surface area contributed by atoms with Crippen molar-refractivity contribution in [1.29, 1.82) is 0 Å². The highest BCUT2D eigenvalue weighted by Gasteiger charge is 2.22. The minimum Gasteiger partial charge on any atom is -0.465 e. The summed E-state index contributed by atoms with van der Waals surface area (Å²) in [6, 6.07) is 15.8. The summed E-state index contributed by atoms with van der Waals surface area (Å²) in [5.41, 5.74) is 2.19. The van der Waals surface area contributed by atoms with Gasteiger partial charge in [0.25, 0.3) is 6.08 Å². The second-order valence-corrected chi connectivity index (χ2v) is 5.48. The second kappa shape index (κ2) is 9.08. The van der Waals surface area contributed by atoms with Gasteiger partial charge in [-0.3, -0.25) is 4.79 Å². The maximum Gasteiger partial charge on any atom is 0.323 e. The van der Waals surface area contributed by atoms with Gasteiger partial charge in [-0.2, -0.15) is 8.78 Å². The molecule has 25 heavy (non-hydrogen) atoms. The molecule has 2 aromatic rings. The van der Waals surface area contributed by atoms with Crippen LogP contribution in [0.4, 0.5) is 8.78 Å². The lowest BCUT2D eigenvalue weighted by molar-refractivity contribution is -0.145. The summed E-state index contributed by atoms with van der Waals surface area (Å²) in [5.74, 6) is -0.537. The van der Waals surface area contributed by atoms with Gasteiger partial charge in [0.2, 0.25) is 0 Å². The fraction of sp³-hybridized carbons (Fsp3) is 0.250. The van der Waals surface area contributed by atoms with Crippen LogP contribution in [0.25, 0.3) is 16.7 Å². The van der Waals surface area contributed by atoms with Crippen LogP contribution in [0.1, 0.15) is 18.9 Å². The average molecular weight is 345 g/mol. The standard InChI is InChI=1S/C20H21F2NO2/c1-3-25-20(24)18(23-2)13-17(19(21)22)16-11-9-15(10-12-16)14-7-5-4-6-8-14/h4-12,18,23H,3,13H2,1-2H3. The number of rotatable bonds is 7. The number of carbonyl (C=O) groups is 1. The summed E-state index contributed by atoms with van der Waals surface area (Å²) in [4.78, 5) is 11.9. The zero-order valence-electron chi connectivity index (χ0n) is 14.3. The quantitative estimate of drug-likeness (QED) is 0.751. The molecule has 2 rings (SSSR count). The molecule has 132 valence electrons. The number of ether oxygens (including phenoxy) is 1. The number of esters is 1. The normalized spacial score (nSPS) is 11.7. The molecule has 0 bridgehead atoms. The van der Waals surface area contributed by atoms with E-state index < -0.39 is 18.1 Å². The van der Waals surface area contributed by atoms with E-state index in [2.05, 4.69) is 5.32 Å². The Morgan fingerprint density at radius 2 is 1.64 bits per heavy atom. The van der Waals surface area contributed by atoms with Gasteiger partial charge in [-0.15, -0.1) is 0 Å². The third kappa shape index (κ3) is 4.97. The summed E-state index contributed by atoms with van der Waals surface area (Å²) < 4.78 is 31.8. The summed E-state index contributed by atoms with van der Waals surface area (Å²) >= 11 is 0. The van der Waals surface area contributed by atoms with Crippen LogP contribution < -0.4 is 5.32 Å². The summed E-state index contributed by atoms with van der Waals surface area (Å²) in [6.07, 6.45) is -1.93. The molecule has 0 aromatic heterocycles. The second-order valence-electron chi connectivity index (χ2n) is 5.48. The fourth-order valence-electron chi connectivity index (χ4n) is 2.55. The number of nitrogens with one attached hydrogen (secondary N) is 1. The van der Waals surface area contributed by atoms with Crippen molar-refractivity contribution >= 4 is 11.5 Å². The Morgan fingerprint density at radius 1 is 1.04 bits per heavy atom. The molecule has 0 saturated carbocycles. The number of hydrogen-bond donors (Lipinski definition) is 1. The van der Waals surface area contributed by atoms with E-state index in [4.69, 9.17) is 4.74 Å². The zero-order chi connectivity index (χ0) is 18.2. The number of hydrogen-bond acceptors (Lipinski definition) is 3. The number of benzene rings is 2. The third-order valence-electron chi connectivity index (χ3n) is 3.90. The van der Waals surface area contributed by atoms with Crippen molar-refractivity contribution in [2.75, 3.05) is 13.7 Å². The van der Waals surface area contributed by atoms with Crippen LogP contribution >= 0.6 is 0 Å². The molecule has 1 atom stereocenters. The van der Waals surface area contributed by atoms with Gasteiger partial charge in [-0.1, -0.05) is 54.6 Å². The zero-order valence-corrected chi connectivity index (χ0v) is 14.3. The largest absolute Gasteiger partial charge is 0.465 e. The number of likely N-dealkylation sites (N-methyl/N-ethyl adjacent to an activating group) is 1. The lowest BCUT2D eigenvalue weighted by Crippen LogP contribution is -2.35. The number of halogens is 2. The molecular formula is C20H21F2NO2. The molecule has 3 nitrogen and oxygen atoms in total. The first-order valence-corrected chi connectivity index (χ1v) is 8.10. The van der Waals surface area contributed by atoms with Crippen LogP contribution in [0, 0.1) is 0 Å². The minimum absolute atomic E-state index is 0.137. The van der Waals surface area contributed by atoms with Crippen molar-refractivity contribution < 1.29 is 18.3 Å². The first-order chi connectivity index (χ1) is 12.1. The smallest absolute Gasteiger partial charge is 0.323 e. The van der Waals surface area contributed by atoms with Crippen LogP contribution in [0.3, 0.4) is 0 Å². The van der Waals surface area contributed by atoms with Gasteiger partial charge >= 0.3 is 5.97 Å². The van der Waals surface area contributed by atoms with E-state index in [-0.39, 0.29) is 18.6 Å². The molecule has 1 N–H and O–H groups in total. The van der Waals surface area contributed by atoms with Crippen molar-refractivity contribution in [3.8, 4) is 11.1 Å². The topological polar surface area (TPSA) is 38.3 Å². The van der Waals surface area contributed by atoms with E-state index in [0.717, 1.165) is 11.1 Å². The van der Waals surface area contributed by atoms with Crippen molar-refractivity contribution in [3.63, 3.8) is 0 Å². The molecule has 1 unspecified atom stereocenters. The predicted octanol–water partition coefficient (Wildman–Crippen LogP) is 4.50. The highest BCUT2D eigenvalue weighted by Crippen LogP contribution is 2.28. The van der Waals surface area contributed by atoms with E-state index in [1.807, 2.05) is 30.3 Å². The maximum absolute atomic E-state index is 13.5. The Balaban J connectivity index is 2.23. The molecular weight excluding hydrogens is 324 g/mol. The van der Waals surface area contributed by atoms with Crippen molar-refractivity contribution in [3.05, 3.63) is 66.2 Å². The highest BCUT2D eigenvalue weighted by molar-refractivity contribution is 5.80. The van der Waals surface area contributed by atoms with Gasteiger partial charge in [-0.25, -0.2) is 0 Å². The van der Waals surface area contributed by atoms with Gasteiger partial charge in [0, 0.05) is 12.0 Å². The van der Waals surface area contributed by atoms with Crippen LogP contribution in [0.15, 0.2) is 60.7 Å². The van der Waals surface area contributed by atoms with E-state index in [0.29, 0.717) is 5.56 Å². The Kier molecular flexibility index (Phi) is 6.83. The van der Waals surface area contributed by atoms with Crippen LogP contribution in [0.5, 0.6) is 0 Å². The van der Waals surface area contributed by atoms with Crippen LogP contribution in [0.2, 0.25) is 0 Å². The van der Waals surface area contributed by atoms with E-state index in [1.54, 1.807) is 38.2 Å². The Morgan fingerprint density at radius 3 is 2.16 bits per heavy atom. The van der Waals surface area contributed by atoms with Crippen molar-refractivity contribution in [2.24, 2.45) is 0 Å². The van der Waals surface area contributed by atoms with Crippen LogP contribution in [-0.4, -0.2) is 25.7 Å². The molecule has 0 heterocycles. The van der Waals surface area contributed by atoms with E-state index in [9.17, 15) is 13.6 Å². The Hall–Kier alpha value is -2.53. The van der Waals surface area contributed by atoms with Gasteiger partial charge in [0.15, 0.2) is 0 Å². The molecule has 0 radical (unpaired) electrons. The van der Waals surface area contributed by atoms with Crippen molar-refractivity contribution in [2.45, 2.75) is 19.4 Å². The summed E-state index contributed by atoms with van der Waals surface area (Å²) in [6.45, 7) is 1.89. The molecule has 0 aliphatic heterocycles. The lowest BCUT2D eigenvalue weighted by atomic mass is 9.97. The average Bonchev–Trinajstić information content (AvgIpc) is 2.63. The fourth-order valence-corrected chi connectivity index (χ4v) is 2.55. The van der Waals surface area contributed by atoms with Crippen molar-refractivity contribution in [1.82, 2.24) is 5.32 Å². The summed E-state index contributed by atoms with van der Waals surface area (Å²) in [5, 5.41) is 2.74. The van der Waals surface area contributed by atoms with E-state index >= 15 is 0 Å². The minimum atomic E-state index is -1.79. The van der Waals surface area contributed by atoms with E-state index in [1.165, 1.54) is 0 Å². The first kappa shape index (κ1) is 18.8. The molecule has 0 fully saturated rings. The van der Waals surface area contributed by atoms with Gasteiger partial charge in [-0.05, 0) is 30.7 Å². The molecule has 0 spiro atoms. The Bertz CT molecular complexity index is 723. The maximum atomic E-state index is 13.5. The van der Waals surface area contributed by atoms with Gasteiger partial charge in [0.05, 0.1) is 6.61 Å². The molecule has 2 aromatic carbocycles. The number of carbonyl (C=O) groups excluding carboxylic acids is 1. The predicted molar refractivity (Wildman–Crippen MR) is 95.1 cm³/mol. The first-order valence-electron chi connectivity index (χ1n) is 8.10. The monoisotopic (exact) mass is 345 g/mol. The SMILES string of the molecule is CCOC(=O)C(CC(=C(F)F)c1ccc(-c2ccccc2)cc1)NC. The molecule has 5 heteroatoms. The van der Waals surface area contributed by atoms with Gasteiger partial charge in [0.1, 0.15) is 6.04 Å². The third-order valence-corrected chi connectivity index (χ3v) is 3.90. The van der Waals surface area contributed by atoms with Gasteiger partial charge < -0.3 is 10.1 Å².